The van der Waals surface area contributed by atoms with Crippen molar-refractivity contribution in [3.05, 3.63) is 29.1 Å². The van der Waals surface area contributed by atoms with E-state index in [4.69, 9.17) is 5.84 Å². The average Bonchev–Trinajstić information content (AvgIpc) is 3.05. The fourth-order valence-electron chi connectivity index (χ4n) is 2.20. The molecule has 1 fully saturated rings. The molecule has 1 atom stereocenters. The highest BCUT2D eigenvalue weighted by molar-refractivity contribution is 5.25. The minimum atomic E-state index is 0.258. The van der Waals surface area contributed by atoms with Gasteiger partial charge in [0.25, 0.3) is 0 Å². The normalized spacial score (nSPS) is 17.4. The van der Waals surface area contributed by atoms with Crippen molar-refractivity contribution in [2.75, 3.05) is 0 Å². The van der Waals surface area contributed by atoms with Crippen LogP contribution in [0.5, 0.6) is 0 Å². The van der Waals surface area contributed by atoms with Crippen LogP contribution in [0.4, 0.5) is 0 Å². The lowest BCUT2D eigenvalue weighted by molar-refractivity contribution is 0.478. The average molecular weight is 219 g/mol. The Bertz CT molecular complexity index is 358. The largest absolute Gasteiger partial charge is 0.271 e. The number of hydrogen-bond acceptors (Lipinski definition) is 3. The molecule has 0 amide bonds. The third-order valence-corrected chi connectivity index (χ3v) is 3.40. The molecular formula is C13H21N3. The molecule has 3 heteroatoms. The van der Waals surface area contributed by atoms with Gasteiger partial charge in [0.2, 0.25) is 0 Å². The van der Waals surface area contributed by atoms with Gasteiger partial charge >= 0.3 is 0 Å². The van der Waals surface area contributed by atoms with Crippen LogP contribution in [0.25, 0.3) is 0 Å². The second-order valence-corrected chi connectivity index (χ2v) is 4.87. The van der Waals surface area contributed by atoms with Crippen molar-refractivity contribution >= 4 is 0 Å². The summed E-state index contributed by atoms with van der Waals surface area (Å²) in [6.45, 7) is 4.08. The molecule has 88 valence electrons. The van der Waals surface area contributed by atoms with Crippen molar-refractivity contribution in [1.82, 2.24) is 10.4 Å². The Hall–Kier alpha value is -0.930. The van der Waals surface area contributed by atoms with Crippen LogP contribution >= 0.6 is 0 Å². The summed E-state index contributed by atoms with van der Waals surface area (Å²) in [6, 6.07) is 4.47. The van der Waals surface area contributed by atoms with Crippen LogP contribution in [0.2, 0.25) is 0 Å². The lowest BCUT2D eigenvalue weighted by atomic mass is 9.99. The predicted molar refractivity (Wildman–Crippen MR) is 65.7 cm³/mol. The molecule has 2 rings (SSSR count). The summed E-state index contributed by atoms with van der Waals surface area (Å²) in [5.41, 5.74) is 6.33. The SMILES string of the molecule is Cc1ccc(C(CCC2CC2)NN)c(C)n1. The van der Waals surface area contributed by atoms with E-state index in [0.29, 0.717) is 0 Å². The van der Waals surface area contributed by atoms with Crippen LogP contribution in [-0.2, 0) is 0 Å². The number of nitrogens with two attached hydrogens (primary N) is 1. The first-order chi connectivity index (χ1) is 7.70. The summed E-state index contributed by atoms with van der Waals surface area (Å²) in [6.07, 6.45) is 5.21. The van der Waals surface area contributed by atoms with Crippen molar-refractivity contribution in [3.8, 4) is 0 Å². The summed E-state index contributed by atoms with van der Waals surface area (Å²) >= 11 is 0. The summed E-state index contributed by atoms with van der Waals surface area (Å²) in [5.74, 6) is 6.59. The minimum absolute atomic E-state index is 0.258. The van der Waals surface area contributed by atoms with Crippen molar-refractivity contribution in [2.45, 2.75) is 45.6 Å². The molecule has 1 aliphatic rings. The smallest absolute Gasteiger partial charge is 0.0478 e. The molecule has 1 aliphatic carbocycles. The zero-order valence-corrected chi connectivity index (χ0v) is 10.2. The van der Waals surface area contributed by atoms with Crippen LogP contribution in [0, 0.1) is 19.8 Å². The molecule has 16 heavy (non-hydrogen) atoms. The van der Waals surface area contributed by atoms with Crippen LogP contribution in [0.15, 0.2) is 12.1 Å². The summed E-state index contributed by atoms with van der Waals surface area (Å²) in [7, 11) is 0. The van der Waals surface area contributed by atoms with Gasteiger partial charge in [-0.05, 0) is 44.2 Å². The maximum absolute atomic E-state index is 5.64. The number of nitrogens with one attached hydrogen (secondary N) is 1. The molecule has 3 N–H and O–H groups in total. The van der Waals surface area contributed by atoms with E-state index in [1.54, 1.807) is 0 Å². The molecule has 1 aromatic heterocycles. The minimum Gasteiger partial charge on any atom is -0.271 e. The number of aromatic nitrogens is 1. The Labute approximate surface area is 97.4 Å². The lowest BCUT2D eigenvalue weighted by Crippen LogP contribution is -2.28. The van der Waals surface area contributed by atoms with E-state index in [1.165, 1.54) is 24.8 Å². The number of rotatable bonds is 5. The lowest BCUT2D eigenvalue weighted by Gasteiger charge is -2.18. The first-order valence-electron chi connectivity index (χ1n) is 6.11. The van der Waals surface area contributed by atoms with Gasteiger partial charge in [-0.1, -0.05) is 18.9 Å². The van der Waals surface area contributed by atoms with E-state index in [-0.39, 0.29) is 6.04 Å². The van der Waals surface area contributed by atoms with E-state index in [1.807, 2.05) is 6.92 Å². The van der Waals surface area contributed by atoms with Crippen LogP contribution in [-0.4, -0.2) is 4.98 Å². The molecule has 0 bridgehead atoms. The van der Waals surface area contributed by atoms with Gasteiger partial charge in [0.1, 0.15) is 0 Å². The highest BCUT2D eigenvalue weighted by Crippen LogP contribution is 2.36. The second kappa shape index (κ2) is 4.93. The maximum Gasteiger partial charge on any atom is 0.0478 e. The van der Waals surface area contributed by atoms with Crippen molar-refractivity contribution in [2.24, 2.45) is 11.8 Å². The number of hydrazine groups is 1. The molecule has 0 radical (unpaired) electrons. The molecule has 0 spiro atoms. The summed E-state index contributed by atoms with van der Waals surface area (Å²) in [4.78, 5) is 4.49. The molecule has 0 aliphatic heterocycles. The zero-order valence-electron chi connectivity index (χ0n) is 10.2. The fraction of sp³-hybridized carbons (Fsp3) is 0.615. The van der Waals surface area contributed by atoms with Crippen molar-refractivity contribution in [1.29, 1.82) is 0 Å². The third kappa shape index (κ3) is 2.80. The van der Waals surface area contributed by atoms with Gasteiger partial charge in [0.05, 0.1) is 0 Å². The number of hydrogen-bond donors (Lipinski definition) is 2. The highest BCUT2D eigenvalue weighted by atomic mass is 15.2. The van der Waals surface area contributed by atoms with Gasteiger partial charge in [0.15, 0.2) is 0 Å². The first kappa shape index (κ1) is 11.6. The third-order valence-electron chi connectivity index (χ3n) is 3.40. The summed E-state index contributed by atoms with van der Waals surface area (Å²) < 4.78 is 0. The number of nitrogens with zero attached hydrogens (tertiary/aromatic N) is 1. The van der Waals surface area contributed by atoms with E-state index in [2.05, 4.69) is 29.5 Å². The quantitative estimate of drug-likeness (QED) is 0.590. The molecule has 3 nitrogen and oxygen atoms in total. The van der Waals surface area contributed by atoms with E-state index >= 15 is 0 Å². The second-order valence-electron chi connectivity index (χ2n) is 4.87. The molecule has 1 heterocycles. The molecule has 0 saturated heterocycles. The van der Waals surface area contributed by atoms with Gasteiger partial charge in [-0.15, -0.1) is 0 Å². The monoisotopic (exact) mass is 219 g/mol. The van der Waals surface area contributed by atoms with Gasteiger partial charge in [0, 0.05) is 17.4 Å². The Balaban J connectivity index is 2.05. The zero-order chi connectivity index (χ0) is 11.5. The number of aryl methyl sites for hydroxylation is 2. The van der Waals surface area contributed by atoms with E-state index < -0.39 is 0 Å². The van der Waals surface area contributed by atoms with Crippen molar-refractivity contribution in [3.63, 3.8) is 0 Å². The van der Waals surface area contributed by atoms with Gasteiger partial charge < -0.3 is 0 Å². The number of pyridine rings is 1. The van der Waals surface area contributed by atoms with Gasteiger partial charge in [-0.2, -0.15) is 0 Å². The van der Waals surface area contributed by atoms with Gasteiger partial charge in [-0.3, -0.25) is 16.3 Å². The van der Waals surface area contributed by atoms with Crippen molar-refractivity contribution < 1.29 is 0 Å². The fourth-order valence-corrected chi connectivity index (χ4v) is 2.20. The molecule has 0 aromatic carbocycles. The van der Waals surface area contributed by atoms with E-state index in [0.717, 1.165) is 23.7 Å². The Kier molecular flexibility index (Phi) is 3.56. The Morgan fingerprint density at radius 2 is 2.19 bits per heavy atom. The summed E-state index contributed by atoms with van der Waals surface area (Å²) in [5, 5.41) is 0. The van der Waals surface area contributed by atoms with Gasteiger partial charge in [-0.25, -0.2) is 0 Å². The van der Waals surface area contributed by atoms with Crippen LogP contribution < -0.4 is 11.3 Å². The molecular weight excluding hydrogens is 198 g/mol. The Morgan fingerprint density at radius 3 is 2.75 bits per heavy atom. The standard InChI is InChI=1S/C13H21N3/c1-9-3-7-12(10(2)15-9)13(16-14)8-6-11-4-5-11/h3,7,11,13,16H,4-6,8,14H2,1-2H3. The van der Waals surface area contributed by atoms with Crippen LogP contribution in [0.3, 0.4) is 0 Å². The highest BCUT2D eigenvalue weighted by Gasteiger charge is 2.23. The molecule has 1 aromatic rings. The topological polar surface area (TPSA) is 50.9 Å². The molecule has 1 unspecified atom stereocenters. The predicted octanol–water partition coefficient (Wildman–Crippen LogP) is 2.39. The van der Waals surface area contributed by atoms with E-state index in [9.17, 15) is 0 Å². The first-order valence-corrected chi connectivity index (χ1v) is 6.11. The van der Waals surface area contributed by atoms with Crippen LogP contribution in [0.1, 0.15) is 48.7 Å². The Morgan fingerprint density at radius 1 is 1.44 bits per heavy atom. The maximum atomic E-state index is 5.64. The molecule has 1 saturated carbocycles.